The largest absolute Gasteiger partial charge is 0.507 e. The first-order chi connectivity index (χ1) is 11.3. The van der Waals surface area contributed by atoms with Gasteiger partial charge in [-0.25, -0.2) is 4.79 Å². The zero-order chi connectivity index (χ0) is 17.3. The van der Waals surface area contributed by atoms with Gasteiger partial charge in [0.25, 0.3) is 0 Å². The SMILES string of the molecule is CC(C)(C)OC(=O)N1CC=C(c2ccc(O)c3ccccc23)CC1. The topological polar surface area (TPSA) is 49.8 Å². The Morgan fingerprint density at radius 3 is 2.46 bits per heavy atom. The number of phenolic OH excluding ortho intramolecular Hbond substituents is 1. The highest BCUT2D eigenvalue weighted by Gasteiger charge is 2.24. The maximum Gasteiger partial charge on any atom is 0.410 e. The minimum atomic E-state index is -0.478. The van der Waals surface area contributed by atoms with Crippen molar-refractivity contribution in [1.82, 2.24) is 4.90 Å². The van der Waals surface area contributed by atoms with Gasteiger partial charge in [0, 0.05) is 18.5 Å². The van der Waals surface area contributed by atoms with E-state index in [1.807, 2.05) is 51.1 Å². The molecule has 0 spiro atoms. The van der Waals surface area contributed by atoms with E-state index in [9.17, 15) is 9.90 Å². The van der Waals surface area contributed by atoms with Gasteiger partial charge in [-0.15, -0.1) is 0 Å². The number of phenols is 1. The molecule has 0 saturated heterocycles. The molecular weight excluding hydrogens is 302 g/mol. The molecule has 24 heavy (non-hydrogen) atoms. The molecule has 0 saturated carbocycles. The fraction of sp³-hybridized carbons (Fsp3) is 0.350. The number of aromatic hydroxyl groups is 1. The van der Waals surface area contributed by atoms with Crippen LogP contribution >= 0.6 is 0 Å². The first-order valence-electron chi connectivity index (χ1n) is 8.23. The number of benzene rings is 2. The van der Waals surface area contributed by atoms with E-state index in [0.717, 1.165) is 22.8 Å². The molecule has 1 N–H and O–H groups in total. The fourth-order valence-electron chi connectivity index (χ4n) is 2.97. The first-order valence-corrected chi connectivity index (χ1v) is 8.23. The molecule has 0 unspecified atom stereocenters. The number of carbonyl (C=O) groups is 1. The Hall–Kier alpha value is -2.49. The lowest BCUT2D eigenvalue weighted by Crippen LogP contribution is -2.39. The Bertz CT molecular complexity index is 802. The van der Waals surface area contributed by atoms with Crippen molar-refractivity contribution in [2.75, 3.05) is 13.1 Å². The highest BCUT2D eigenvalue weighted by molar-refractivity contribution is 5.97. The normalized spacial score (nSPS) is 15.3. The van der Waals surface area contributed by atoms with Crippen LogP contribution in [0.15, 0.2) is 42.5 Å². The van der Waals surface area contributed by atoms with E-state index in [2.05, 4.69) is 6.08 Å². The summed E-state index contributed by atoms with van der Waals surface area (Å²) in [5.74, 6) is 0.293. The summed E-state index contributed by atoms with van der Waals surface area (Å²) < 4.78 is 5.43. The maximum atomic E-state index is 12.2. The number of hydrogen-bond acceptors (Lipinski definition) is 3. The Labute approximate surface area is 142 Å². The highest BCUT2D eigenvalue weighted by Crippen LogP contribution is 2.33. The van der Waals surface area contributed by atoms with Gasteiger partial charge in [-0.05, 0) is 49.8 Å². The molecule has 0 fully saturated rings. The van der Waals surface area contributed by atoms with E-state index in [1.54, 1.807) is 11.0 Å². The Morgan fingerprint density at radius 2 is 1.83 bits per heavy atom. The maximum absolute atomic E-state index is 12.2. The predicted octanol–water partition coefficient (Wildman–Crippen LogP) is 4.57. The third-order valence-electron chi connectivity index (χ3n) is 4.11. The van der Waals surface area contributed by atoms with Crippen molar-refractivity contribution in [1.29, 1.82) is 0 Å². The molecule has 1 amide bonds. The molecule has 4 heteroatoms. The van der Waals surface area contributed by atoms with Crippen LogP contribution < -0.4 is 0 Å². The number of fused-ring (bicyclic) bond motifs is 1. The number of rotatable bonds is 1. The summed E-state index contributed by atoms with van der Waals surface area (Å²) in [7, 11) is 0. The second-order valence-electron chi connectivity index (χ2n) is 7.08. The zero-order valence-electron chi connectivity index (χ0n) is 14.4. The van der Waals surface area contributed by atoms with Crippen LogP contribution in [0.1, 0.15) is 32.8 Å². The summed E-state index contributed by atoms with van der Waals surface area (Å²) in [6.45, 7) is 6.80. The molecule has 126 valence electrons. The quantitative estimate of drug-likeness (QED) is 0.835. The molecule has 0 bridgehead atoms. The van der Waals surface area contributed by atoms with E-state index in [-0.39, 0.29) is 6.09 Å². The van der Waals surface area contributed by atoms with Crippen LogP contribution in [0.25, 0.3) is 16.3 Å². The molecular formula is C20H23NO3. The predicted molar refractivity (Wildman–Crippen MR) is 96.0 cm³/mol. The van der Waals surface area contributed by atoms with Crippen molar-refractivity contribution in [3.63, 3.8) is 0 Å². The summed E-state index contributed by atoms with van der Waals surface area (Å²) in [6.07, 6.45) is 2.58. The summed E-state index contributed by atoms with van der Waals surface area (Å²) in [4.78, 5) is 13.9. The lowest BCUT2D eigenvalue weighted by atomic mass is 9.94. The average Bonchev–Trinajstić information content (AvgIpc) is 2.54. The van der Waals surface area contributed by atoms with Crippen LogP contribution in [0, 0.1) is 0 Å². The number of carbonyl (C=O) groups excluding carboxylic acids is 1. The van der Waals surface area contributed by atoms with Crippen molar-refractivity contribution in [2.45, 2.75) is 32.8 Å². The number of hydrogen-bond donors (Lipinski definition) is 1. The van der Waals surface area contributed by atoms with E-state index < -0.39 is 5.60 Å². The summed E-state index contributed by atoms with van der Waals surface area (Å²) in [6, 6.07) is 11.5. The first kappa shape index (κ1) is 16.4. The minimum absolute atomic E-state index is 0.270. The highest BCUT2D eigenvalue weighted by atomic mass is 16.6. The second kappa shape index (κ2) is 6.19. The zero-order valence-corrected chi connectivity index (χ0v) is 14.4. The second-order valence-corrected chi connectivity index (χ2v) is 7.08. The monoisotopic (exact) mass is 325 g/mol. The van der Waals surface area contributed by atoms with Crippen molar-refractivity contribution in [2.24, 2.45) is 0 Å². The molecule has 1 heterocycles. The molecule has 2 aromatic carbocycles. The van der Waals surface area contributed by atoms with Crippen LogP contribution in [-0.4, -0.2) is 34.8 Å². The Morgan fingerprint density at radius 1 is 1.12 bits per heavy atom. The van der Waals surface area contributed by atoms with Crippen LogP contribution in [0.3, 0.4) is 0 Å². The Kier molecular flexibility index (Phi) is 4.22. The molecule has 2 aromatic rings. The van der Waals surface area contributed by atoms with Crippen LogP contribution in [0.5, 0.6) is 5.75 Å². The van der Waals surface area contributed by atoms with Crippen molar-refractivity contribution >= 4 is 22.4 Å². The van der Waals surface area contributed by atoms with Gasteiger partial charge >= 0.3 is 6.09 Å². The van der Waals surface area contributed by atoms with Gasteiger partial charge in [-0.1, -0.05) is 36.4 Å². The van der Waals surface area contributed by atoms with Crippen molar-refractivity contribution in [3.05, 3.63) is 48.0 Å². The molecule has 3 rings (SSSR count). The van der Waals surface area contributed by atoms with Gasteiger partial charge in [0.15, 0.2) is 0 Å². The summed E-state index contributed by atoms with van der Waals surface area (Å²) in [5, 5.41) is 11.9. The lowest BCUT2D eigenvalue weighted by molar-refractivity contribution is 0.0270. The lowest BCUT2D eigenvalue weighted by Gasteiger charge is -2.30. The molecule has 0 atom stereocenters. The third kappa shape index (κ3) is 3.37. The standard InChI is InChI=1S/C20H23NO3/c1-20(2,3)24-19(23)21-12-10-14(11-13-21)15-8-9-18(22)17-7-5-4-6-16(15)17/h4-10,22H,11-13H2,1-3H3. The van der Waals surface area contributed by atoms with Gasteiger partial charge in [-0.2, -0.15) is 0 Å². The van der Waals surface area contributed by atoms with Gasteiger partial charge in [0.05, 0.1) is 0 Å². The van der Waals surface area contributed by atoms with E-state index in [1.165, 1.54) is 5.57 Å². The van der Waals surface area contributed by atoms with Crippen molar-refractivity contribution in [3.8, 4) is 5.75 Å². The van der Waals surface area contributed by atoms with Gasteiger partial charge in [0.2, 0.25) is 0 Å². The van der Waals surface area contributed by atoms with Crippen molar-refractivity contribution < 1.29 is 14.6 Å². The average molecular weight is 325 g/mol. The number of nitrogens with zero attached hydrogens (tertiary/aromatic N) is 1. The van der Waals surface area contributed by atoms with Crippen LogP contribution in [0.2, 0.25) is 0 Å². The van der Waals surface area contributed by atoms with Crippen LogP contribution in [-0.2, 0) is 4.74 Å². The van der Waals surface area contributed by atoms with E-state index in [0.29, 0.717) is 18.8 Å². The molecule has 0 aliphatic carbocycles. The fourth-order valence-corrected chi connectivity index (χ4v) is 2.97. The summed E-state index contributed by atoms with van der Waals surface area (Å²) in [5.41, 5.74) is 1.84. The number of ether oxygens (including phenoxy) is 1. The van der Waals surface area contributed by atoms with Crippen LogP contribution in [0.4, 0.5) is 4.79 Å². The van der Waals surface area contributed by atoms with Gasteiger partial charge < -0.3 is 14.7 Å². The van der Waals surface area contributed by atoms with E-state index in [4.69, 9.17) is 4.74 Å². The molecule has 0 radical (unpaired) electrons. The molecule has 1 aliphatic heterocycles. The summed E-state index contributed by atoms with van der Waals surface area (Å²) >= 11 is 0. The smallest absolute Gasteiger partial charge is 0.410 e. The Balaban J connectivity index is 1.84. The minimum Gasteiger partial charge on any atom is -0.507 e. The molecule has 0 aromatic heterocycles. The van der Waals surface area contributed by atoms with E-state index >= 15 is 0 Å². The van der Waals surface area contributed by atoms with Gasteiger partial charge in [0.1, 0.15) is 11.4 Å². The molecule has 1 aliphatic rings. The third-order valence-corrected chi connectivity index (χ3v) is 4.11. The molecule has 4 nitrogen and oxygen atoms in total. The van der Waals surface area contributed by atoms with Gasteiger partial charge in [-0.3, -0.25) is 0 Å². The number of amides is 1.